The molecule has 2 aromatic carbocycles. The summed E-state index contributed by atoms with van der Waals surface area (Å²) in [5, 5.41) is 4.05. The second-order valence-corrected chi connectivity index (χ2v) is 9.35. The molecule has 0 saturated heterocycles. The Balaban J connectivity index is 1.49. The minimum Gasteiger partial charge on any atom is -0.457 e. The first-order chi connectivity index (χ1) is 17.0. The zero-order chi connectivity index (χ0) is 24.4. The molecule has 2 atom stereocenters. The number of carbonyl (C=O) groups excluding carboxylic acids is 2. The Morgan fingerprint density at radius 1 is 1.00 bits per heavy atom. The van der Waals surface area contributed by atoms with Crippen LogP contribution in [0.4, 0.5) is 0 Å². The summed E-state index contributed by atoms with van der Waals surface area (Å²) in [6.07, 6.45) is 4.41. The van der Waals surface area contributed by atoms with Gasteiger partial charge in [0.2, 0.25) is 0 Å². The van der Waals surface area contributed by atoms with Gasteiger partial charge in [0.25, 0.3) is 0 Å². The first-order valence-corrected chi connectivity index (χ1v) is 12.0. The zero-order valence-electron chi connectivity index (χ0n) is 19.3. The van der Waals surface area contributed by atoms with E-state index in [1.165, 1.54) is 0 Å². The Labute approximate surface area is 209 Å². The van der Waals surface area contributed by atoms with Crippen LogP contribution in [0.5, 0.6) is 0 Å². The van der Waals surface area contributed by atoms with Gasteiger partial charge in [0.05, 0.1) is 5.57 Å². The van der Waals surface area contributed by atoms with E-state index in [4.69, 9.17) is 16.3 Å². The summed E-state index contributed by atoms with van der Waals surface area (Å²) in [5.41, 5.74) is 5.49. The molecule has 35 heavy (non-hydrogen) atoms. The first-order valence-electron chi connectivity index (χ1n) is 11.6. The molecule has 5 rings (SSSR count). The van der Waals surface area contributed by atoms with Crippen LogP contribution in [0.2, 0.25) is 5.02 Å². The molecule has 0 amide bonds. The lowest BCUT2D eigenvalue weighted by atomic mass is 9.72. The fourth-order valence-corrected chi connectivity index (χ4v) is 5.10. The molecule has 176 valence electrons. The number of carbonyl (C=O) groups is 2. The van der Waals surface area contributed by atoms with E-state index < -0.39 is 11.9 Å². The van der Waals surface area contributed by atoms with Gasteiger partial charge in [-0.1, -0.05) is 54.1 Å². The number of esters is 1. The predicted molar refractivity (Wildman–Crippen MR) is 135 cm³/mol. The van der Waals surface area contributed by atoms with Crippen molar-refractivity contribution in [2.24, 2.45) is 0 Å². The predicted octanol–water partition coefficient (Wildman–Crippen LogP) is 5.84. The van der Waals surface area contributed by atoms with Crippen molar-refractivity contribution in [2.75, 3.05) is 0 Å². The normalized spacial score (nSPS) is 19.8. The van der Waals surface area contributed by atoms with Gasteiger partial charge in [-0.3, -0.25) is 9.78 Å². The highest BCUT2D eigenvalue weighted by Gasteiger charge is 2.41. The van der Waals surface area contributed by atoms with Crippen molar-refractivity contribution >= 4 is 23.4 Å². The number of benzene rings is 2. The molecule has 0 saturated carbocycles. The van der Waals surface area contributed by atoms with E-state index in [0.29, 0.717) is 34.7 Å². The molecular formula is C29H25ClN2O3. The number of Topliss-reactive ketones (excluding diaryl/α,β-unsaturated/α-hetero) is 1. The summed E-state index contributed by atoms with van der Waals surface area (Å²) >= 11 is 6.06. The van der Waals surface area contributed by atoms with Crippen LogP contribution >= 0.6 is 11.6 Å². The number of nitrogens with one attached hydrogen (secondary N) is 1. The lowest BCUT2D eigenvalue weighted by Crippen LogP contribution is -2.36. The molecule has 6 heteroatoms. The van der Waals surface area contributed by atoms with E-state index in [0.717, 1.165) is 22.4 Å². The van der Waals surface area contributed by atoms with E-state index >= 15 is 0 Å². The maximum atomic E-state index is 13.6. The van der Waals surface area contributed by atoms with Crippen LogP contribution in [0, 0.1) is 0 Å². The molecule has 3 aromatic rings. The summed E-state index contributed by atoms with van der Waals surface area (Å²) in [4.78, 5) is 31.1. The standard InChI is InChI=1S/C29H25ClN2O3/c1-18-26(29(34)35-17-19-5-3-2-4-6-19)27(21-11-13-31-14-12-21)28-24(32-18)15-22(16-25(28)33)20-7-9-23(30)10-8-20/h2-14,22,27,32H,15-17H2,1H3/t22-,27+/m0/s1. The molecule has 5 nitrogen and oxygen atoms in total. The minimum absolute atomic E-state index is 0.0290. The molecule has 0 radical (unpaired) electrons. The van der Waals surface area contributed by atoms with Crippen LogP contribution in [0.1, 0.15) is 48.3 Å². The van der Waals surface area contributed by atoms with Gasteiger partial charge in [0, 0.05) is 46.7 Å². The van der Waals surface area contributed by atoms with E-state index in [1.807, 2.05) is 73.7 Å². The summed E-state index contributed by atoms with van der Waals surface area (Å²) in [6, 6.07) is 20.9. The average molecular weight is 485 g/mol. The number of ketones is 1. The van der Waals surface area contributed by atoms with Crippen LogP contribution in [0.15, 0.2) is 102 Å². The van der Waals surface area contributed by atoms with Gasteiger partial charge in [0.1, 0.15) is 6.61 Å². The SMILES string of the molecule is CC1=C(C(=O)OCc2ccccc2)[C@@H](c2ccncc2)C2=C(C[C@H](c3ccc(Cl)cc3)CC2=O)N1. The van der Waals surface area contributed by atoms with Crippen LogP contribution in [-0.4, -0.2) is 16.7 Å². The molecule has 2 aliphatic rings. The van der Waals surface area contributed by atoms with Gasteiger partial charge in [-0.25, -0.2) is 4.79 Å². The molecular weight excluding hydrogens is 460 g/mol. The lowest BCUT2D eigenvalue weighted by molar-refractivity contribution is -0.140. The number of allylic oxidation sites excluding steroid dienone is 3. The van der Waals surface area contributed by atoms with Crippen molar-refractivity contribution in [2.45, 2.75) is 38.2 Å². The molecule has 0 spiro atoms. The number of hydrogen-bond donors (Lipinski definition) is 1. The third-order valence-corrected chi connectivity index (χ3v) is 6.89. The summed E-state index contributed by atoms with van der Waals surface area (Å²) in [5.74, 6) is -0.860. The number of ether oxygens (including phenoxy) is 1. The van der Waals surface area contributed by atoms with E-state index in [-0.39, 0.29) is 18.3 Å². The minimum atomic E-state index is -0.504. The number of halogens is 1. The van der Waals surface area contributed by atoms with Gasteiger partial charge < -0.3 is 10.1 Å². The fraction of sp³-hybridized carbons (Fsp3) is 0.207. The second-order valence-electron chi connectivity index (χ2n) is 8.91. The van der Waals surface area contributed by atoms with Crippen LogP contribution < -0.4 is 5.32 Å². The van der Waals surface area contributed by atoms with Crippen molar-refractivity contribution in [3.8, 4) is 0 Å². The molecule has 1 aromatic heterocycles. The highest BCUT2D eigenvalue weighted by molar-refractivity contribution is 6.30. The molecule has 0 bridgehead atoms. The quantitative estimate of drug-likeness (QED) is 0.461. The van der Waals surface area contributed by atoms with Crippen molar-refractivity contribution in [3.05, 3.63) is 123 Å². The largest absolute Gasteiger partial charge is 0.457 e. The van der Waals surface area contributed by atoms with Crippen molar-refractivity contribution < 1.29 is 14.3 Å². The molecule has 0 unspecified atom stereocenters. The van der Waals surface area contributed by atoms with Gasteiger partial charge in [-0.2, -0.15) is 0 Å². The van der Waals surface area contributed by atoms with Gasteiger partial charge >= 0.3 is 5.97 Å². The Bertz CT molecular complexity index is 1320. The highest BCUT2D eigenvalue weighted by atomic mass is 35.5. The molecule has 1 aliphatic heterocycles. The topological polar surface area (TPSA) is 68.3 Å². The van der Waals surface area contributed by atoms with Crippen LogP contribution in [-0.2, 0) is 20.9 Å². The highest BCUT2D eigenvalue weighted by Crippen LogP contribution is 2.45. The number of pyridine rings is 1. The van der Waals surface area contributed by atoms with Crippen LogP contribution in [0.25, 0.3) is 0 Å². The molecule has 1 N–H and O–H groups in total. The first kappa shape index (κ1) is 23.1. The maximum absolute atomic E-state index is 13.6. The molecule has 0 fully saturated rings. The Hall–Kier alpha value is -3.70. The summed E-state index contributed by atoms with van der Waals surface area (Å²) in [6.45, 7) is 2.03. The van der Waals surface area contributed by atoms with Gasteiger partial charge in [-0.05, 0) is 60.2 Å². The number of aromatic nitrogens is 1. The van der Waals surface area contributed by atoms with Crippen molar-refractivity contribution in [3.63, 3.8) is 0 Å². The Kier molecular flexibility index (Phi) is 6.51. The number of nitrogens with zero attached hydrogens (tertiary/aromatic N) is 1. The third kappa shape index (κ3) is 4.77. The number of hydrogen-bond acceptors (Lipinski definition) is 5. The zero-order valence-corrected chi connectivity index (χ0v) is 20.1. The average Bonchev–Trinajstić information content (AvgIpc) is 2.88. The number of dihydropyridines is 1. The fourth-order valence-electron chi connectivity index (χ4n) is 4.97. The molecule has 2 heterocycles. The summed E-state index contributed by atoms with van der Waals surface area (Å²) < 4.78 is 5.71. The second kappa shape index (κ2) is 9.88. The van der Waals surface area contributed by atoms with Gasteiger partial charge in [-0.15, -0.1) is 0 Å². The lowest BCUT2D eigenvalue weighted by Gasteiger charge is -2.36. The summed E-state index contributed by atoms with van der Waals surface area (Å²) in [7, 11) is 0. The third-order valence-electron chi connectivity index (χ3n) is 6.64. The maximum Gasteiger partial charge on any atom is 0.337 e. The van der Waals surface area contributed by atoms with Crippen molar-refractivity contribution in [1.82, 2.24) is 10.3 Å². The van der Waals surface area contributed by atoms with E-state index in [2.05, 4.69) is 10.3 Å². The monoisotopic (exact) mass is 484 g/mol. The number of rotatable bonds is 5. The smallest absolute Gasteiger partial charge is 0.337 e. The molecule has 1 aliphatic carbocycles. The van der Waals surface area contributed by atoms with Crippen molar-refractivity contribution in [1.29, 1.82) is 0 Å². The Morgan fingerprint density at radius 3 is 2.43 bits per heavy atom. The van der Waals surface area contributed by atoms with Crippen LogP contribution in [0.3, 0.4) is 0 Å². The van der Waals surface area contributed by atoms with Gasteiger partial charge in [0.15, 0.2) is 5.78 Å². The van der Waals surface area contributed by atoms with E-state index in [1.54, 1.807) is 12.4 Å². The van der Waals surface area contributed by atoms with E-state index in [9.17, 15) is 9.59 Å². The Morgan fingerprint density at radius 2 is 1.71 bits per heavy atom.